The van der Waals surface area contributed by atoms with Crippen LogP contribution in [0, 0.1) is 5.82 Å². The molecule has 1 atom stereocenters. The van der Waals surface area contributed by atoms with Gasteiger partial charge in [-0.3, -0.25) is 5.10 Å². The van der Waals surface area contributed by atoms with E-state index in [1.54, 1.807) is 23.2 Å². The molecule has 122 valence electrons. The number of nitrogens with one attached hydrogen (secondary N) is 2. The van der Waals surface area contributed by atoms with E-state index in [2.05, 4.69) is 15.5 Å². The van der Waals surface area contributed by atoms with Gasteiger partial charge in [-0.2, -0.15) is 5.10 Å². The molecule has 3 rings (SSSR count). The first-order valence-electron chi connectivity index (χ1n) is 7.59. The highest BCUT2D eigenvalue weighted by molar-refractivity contribution is 6.30. The van der Waals surface area contributed by atoms with Crippen LogP contribution in [0.15, 0.2) is 30.5 Å². The number of hydrogen-bond donors (Lipinski definition) is 2. The van der Waals surface area contributed by atoms with Crippen LogP contribution in [-0.2, 0) is 6.54 Å². The molecule has 1 aliphatic heterocycles. The maximum Gasteiger partial charge on any atom is 0.317 e. The van der Waals surface area contributed by atoms with Gasteiger partial charge in [0.05, 0.1) is 0 Å². The standard InChI is InChI=1S/C16H18ClFN4O/c17-13-4-3-11(14(18)8-13)9-19-16(23)22-7-1-2-12(10-22)15-5-6-20-21-15/h3-6,8,12H,1-2,7,9-10H2,(H,19,23)(H,20,21)/t12-/m0/s1. The molecule has 0 aliphatic carbocycles. The average Bonchev–Trinajstić information content (AvgIpc) is 3.08. The van der Waals surface area contributed by atoms with Gasteiger partial charge in [0.2, 0.25) is 0 Å². The van der Waals surface area contributed by atoms with Crippen molar-refractivity contribution in [2.75, 3.05) is 13.1 Å². The van der Waals surface area contributed by atoms with Crippen LogP contribution in [0.3, 0.4) is 0 Å². The Morgan fingerprint density at radius 1 is 1.48 bits per heavy atom. The van der Waals surface area contributed by atoms with Gasteiger partial charge < -0.3 is 10.2 Å². The van der Waals surface area contributed by atoms with Crippen molar-refractivity contribution in [1.82, 2.24) is 20.4 Å². The Labute approximate surface area is 138 Å². The number of piperidine rings is 1. The molecule has 2 N–H and O–H groups in total. The van der Waals surface area contributed by atoms with E-state index in [0.29, 0.717) is 23.7 Å². The molecule has 7 heteroatoms. The Kier molecular flexibility index (Phi) is 4.81. The highest BCUT2D eigenvalue weighted by atomic mass is 35.5. The number of likely N-dealkylation sites (tertiary alicyclic amines) is 1. The van der Waals surface area contributed by atoms with Crippen molar-refractivity contribution in [3.05, 3.63) is 52.6 Å². The van der Waals surface area contributed by atoms with Gasteiger partial charge in [-0.05, 0) is 31.0 Å². The van der Waals surface area contributed by atoms with Gasteiger partial charge >= 0.3 is 6.03 Å². The number of halogens is 2. The lowest BCUT2D eigenvalue weighted by Crippen LogP contribution is -2.44. The molecule has 0 spiro atoms. The van der Waals surface area contributed by atoms with Gasteiger partial charge in [-0.1, -0.05) is 17.7 Å². The van der Waals surface area contributed by atoms with Crippen LogP contribution in [0.1, 0.15) is 30.0 Å². The summed E-state index contributed by atoms with van der Waals surface area (Å²) in [6.07, 6.45) is 3.68. The molecular weight excluding hydrogens is 319 g/mol. The lowest BCUT2D eigenvalue weighted by Gasteiger charge is -2.32. The van der Waals surface area contributed by atoms with Crippen molar-refractivity contribution in [2.24, 2.45) is 0 Å². The van der Waals surface area contributed by atoms with Gasteiger partial charge in [0.1, 0.15) is 5.82 Å². The minimum atomic E-state index is -0.410. The number of aromatic nitrogens is 2. The third-order valence-electron chi connectivity index (χ3n) is 4.12. The molecule has 2 amide bonds. The minimum Gasteiger partial charge on any atom is -0.334 e. The van der Waals surface area contributed by atoms with Gasteiger partial charge in [0.15, 0.2) is 0 Å². The van der Waals surface area contributed by atoms with Crippen LogP contribution in [0.5, 0.6) is 0 Å². The van der Waals surface area contributed by atoms with Crippen molar-refractivity contribution in [2.45, 2.75) is 25.3 Å². The van der Waals surface area contributed by atoms with Gasteiger partial charge in [-0.25, -0.2) is 9.18 Å². The topological polar surface area (TPSA) is 61.0 Å². The van der Waals surface area contributed by atoms with Crippen LogP contribution in [0.4, 0.5) is 9.18 Å². The van der Waals surface area contributed by atoms with Crippen LogP contribution < -0.4 is 5.32 Å². The number of H-pyrrole nitrogens is 1. The highest BCUT2D eigenvalue weighted by Crippen LogP contribution is 2.25. The van der Waals surface area contributed by atoms with Crippen molar-refractivity contribution in [3.63, 3.8) is 0 Å². The second-order valence-corrected chi connectivity index (χ2v) is 6.13. The van der Waals surface area contributed by atoms with Crippen LogP contribution >= 0.6 is 11.6 Å². The van der Waals surface area contributed by atoms with E-state index in [9.17, 15) is 9.18 Å². The quantitative estimate of drug-likeness (QED) is 0.903. The molecular formula is C16H18ClFN4O. The lowest BCUT2D eigenvalue weighted by atomic mass is 9.95. The summed E-state index contributed by atoms with van der Waals surface area (Å²) in [5, 5.41) is 10.0. The summed E-state index contributed by atoms with van der Waals surface area (Å²) < 4.78 is 13.7. The van der Waals surface area contributed by atoms with E-state index in [-0.39, 0.29) is 18.5 Å². The summed E-state index contributed by atoms with van der Waals surface area (Å²) in [6, 6.07) is 6.21. The number of aromatic amines is 1. The molecule has 0 saturated carbocycles. The number of amides is 2. The summed E-state index contributed by atoms with van der Waals surface area (Å²) in [6.45, 7) is 1.49. The van der Waals surface area contributed by atoms with E-state index in [1.807, 2.05) is 6.07 Å². The first kappa shape index (κ1) is 15.8. The lowest BCUT2D eigenvalue weighted by molar-refractivity contribution is 0.178. The molecule has 23 heavy (non-hydrogen) atoms. The van der Waals surface area contributed by atoms with E-state index in [4.69, 9.17) is 11.6 Å². The van der Waals surface area contributed by atoms with Crippen LogP contribution in [0.2, 0.25) is 5.02 Å². The summed E-state index contributed by atoms with van der Waals surface area (Å²) in [5.74, 6) is -0.143. The van der Waals surface area contributed by atoms with E-state index in [0.717, 1.165) is 18.5 Å². The summed E-state index contributed by atoms with van der Waals surface area (Å²) in [5.41, 5.74) is 1.47. The largest absolute Gasteiger partial charge is 0.334 e. The Balaban J connectivity index is 1.57. The van der Waals surface area contributed by atoms with E-state index in [1.165, 1.54) is 6.07 Å². The SMILES string of the molecule is O=C(NCc1ccc(Cl)cc1F)N1CCC[C@H](c2ccn[nH]2)C1. The third kappa shape index (κ3) is 3.82. The molecule has 1 aliphatic rings. The fourth-order valence-electron chi connectivity index (χ4n) is 2.86. The molecule has 1 saturated heterocycles. The van der Waals surface area contributed by atoms with Crippen molar-refractivity contribution in [3.8, 4) is 0 Å². The second kappa shape index (κ2) is 7.00. The molecule has 5 nitrogen and oxygen atoms in total. The predicted octanol–water partition coefficient (Wildman–Crippen LogP) is 3.29. The van der Waals surface area contributed by atoms with Crippen LogP contribution in [0.25, 0.3) is 0 Å². The maximum absolute atomic E-state index is 13.7. The number of carbonyl (C=O) groups excluding carboxylic acids is 1. The molecule has 0 radical (unpaired) electrons. The molecule has 0 unspecified atom stereocenters. The monoisotopic (exact) mass is 336 g/mol. The van der Waals surface area contributed by atoms with Gasteiger partial charge in [-0.15, -0.1) is 0 Å². The summed E-state index contributed by atoms with van der Waals surface area (Å²) >= 11 is 5.72. The maximum atomic E-state index is 13.7. The zero-order chi connectivity index (χ0) is 16.2. The van der Waals surface area contributed by atoms with E-state index >= 15 is 0 Å². The zero-order valence-corrected chi connectivity index (χ0v) is 13.3. The van der Waals surface area contributed by atoms with Crippen molar-refractivity contribution >= 4 is 17.6 Å². The second-order valence-electron chi connectivity index (χ2n) is 5.69. The Hall–Kier alpha value is -2.08. The van der Waals surface area contributed by atoms with Gasteiger partial charge in [0.25, 0.3) is 0 Å². The summed E-state index contributed by atoms with van der Waals surface area (Å²) in [4.78, 5) is 14.1. The van der Waals surface area contributed by atoms with Crippen molar-refractivity contribution < 1.29 is 9.18 Å². The molecule has 1 fully saturated rings. The normalized spacial score (nSPS) is 18.0. The van der Waals surface area contributed by atoms with Gasteiger partial charge in [0, 0.05) is 48.0 Å². The number of urea groups is 1. The highest BCUT2D eigenvalue weighted by Gasteiger charge is 2.25. The molecule has 1 aromatic heterocycles. The fraction of sp³-hybridized carbons (Fsp3) is 0.375. The smallest absolute Gasteiger partial charge is 0.317 e. The summed E-state index contributed by atoms with van der Waals surface area (Å²) in [7, 11) is 0. The average molecular weight is 337 g/mol. The molecule has 0 bridgehead atoms. The first-order valence-corrected chi connectivity index (χ1v) is 7.97. The van der Waals surface area contributed by atoms with E-state index < -0.39 is 5.82 Å². The molecule has 2 heterocycles. The van der Waals surface area contributed by atoms with Crippen molar-refractivity contribution in [1.29, 1.82) is 0 Å². The number of carbonyl (C=O) groups is 1. The molecule has 2 aromatic rings. The minimum absolute atomic E-state index is 0.146. The number of benzene rings is 1. The predicted molar refractivity (Wildman–Crippen MR) is 85.8 cm³/mol. The Morgan fingerprint density at radius 2 is 2.35 bits per heavy atom. The fourth-order valence-corrected chi connectivity index (χ4v) is 3.02. The third-order valence-corrected chi connectivity index (χ3v) is 4.35. The van der Waals surface area contributed by atoms with Crippen LogP contribution in [-0.4, -0.2) is 34.2 Å². The number of hydrogen-bond acceptors (Lipinski definition) is 2. The first-order chi connectivity index (χ1) is 11.1. The Morgan fingerprint density at radius 3 is 3.09 bits per heavy atom. The zero-order valence-electron chi connectivity index (χ0n) is 12.6. The molecule has 1 aromatic carbocycles. The number of nitrogens with zero attached hydrogens (tertiary/aromatic N) is 2. The number of rotatable bonds is 3. The Bertz CT molecular complexity index is 677.